The molecule has 104 valence electrons. The first-order valence-corrected chi connectivity index (χ1v) is 6.67. The van der Waals surface area contributed by atoms with Crippen molar-refractivity contribution < 1.29 is 4.79 Å². The van der Waals surface area contributed by atoms with E-state index in [2.05, 4.69) is 9.88 Å². The second-order valence-electron chi connectivity index (χ2n) is 5.48. The van der Waals surface area contributed by atoms with Gasteiger partial charge in [0, 0.05) is 30.4 Å². The van der Waals surface area contributed by atoms with E-state index >= 15 is 0 Å². The Hall–Kier alpha value is -1.62. The van der Waals surface area contributed by atoms with Gasteiger partial charge in [0.05, 0.1) is 0 Å². The smallest absolute Gasteiger partial charge is 0.254 e. The van der Waals surface area contributed by atoms with Crippen molar-refractivity contribution in [1.82, 2.24) is 14.8 Å². The summed E-state index contributed by atoms with van der Waals surface area (Å²) in [5.74, 6) is 0.480. The summed E-state index contributed by atoms with van der Waals surface area (Å²) in [6, 6.07) is 3.78. The minimum absolute atomic E-state index is 0.0709. The van der Waals surface area contributed by atoms with E-state index in [-0.39, 0.29) is 5.91 Å². The lowest BCUT2D eigenvalue weighted by Crippen LogP contribution is -2.41. The number of hydrogen-bond acceptors (Lipinski definition) is 4. The van der Waals surface area contributed by atoms with E-state index in [4.69, 9.17) is 5.73 Å². The quantitative estimate of drug-likeness (QED) is 0.887. The Morgan fingerprint density at radius 3 is 2.89 bits per heavy atom. The maximum Gasteiger partial charge on any atom is 0.254 e. The first kappa shape index (κ1) is 13.8. The van der Waals surface area contributed by atoms with Gasteiger partial charge in [0.2, 0.25) is 0 Å². The minimum atomic E-state index is 0.0709. The van der Waals surface area contributed by atoms with Crippen molar-refractivity contribution in [2.24, 2.45) is 0 Å². The summed E-state index contributed by atoms with van der Waals surface area (Å²) in [5, 5.41) is 0. The number of nitrogen functional groups attached to an aromatic ring is 1. The number of aromatic nitrogens is 1. The van der Waals surface area contributed by atoms with Crippen molar-refractivity contribution in [3.8, 4) is 0 Å². The second kappa shape index (κ2) is 5.57. The van der Waals surface area contributed by atoms with Gasteiger partial charge in [-0.05, 0) is 46.0 Å². The van der Waals surface area contributed by atoms with Crippen LogP contribution < -0.4 is 5.73 Å². The molecule has 5 nitrogen and oxygen atoms in total. The molecule has 1 aromatic rings. The fourth-order valence-electron chi connectivity index (χ4n) is 2.70. The van der Waals surface area contributed by atoms with Crippen LogP contribution in [0.5, 0.6) is 0 Å². The average Bonchev–Trinajstić information content (AvgIpc) is 2.73. The van der Waals surface area contributed by atoms with Gasteiger partial charge in [0.25, 0.3) is 5.91 Å². The number of amides is 1. The van der Waals surface area contributed by atoms with Gasteiger partial charge in [-0.15, -0.1) is 0 Å². The molecule has 19 heavy (non-hydrogen) atoms. The molecule has 1 saturated heterocycles. The highest BCUT2D eigenvalue weighted by atomic mass is 16.2. The minimum Gasteiger partial charge on any atom is -0.384 e. The lowest BCUT2D eigenvalue weighted by molar-refractivity contribution is 0.0716. The number of hydrogen-bond donors (Lipinski definition) is 1. The third-order valence-electron chi connectivity index (χ3n) is 3.43. The molecular formula is C14H22N4O. The Morgan fingerprint density at radius 1 is 1.53 bits per heavy atom. The van der Waals surface area contributed by atoms with E-state index in [9.17, 15) is 4.79 Å². The Bertz CT molecular complexity index is 452. The zero-order chi connectivity index (χ0) is 14.0. The monoisotopic (exact) mass is 262 g/mol. The summed E-state index contributed by atoms with van der Waals surface area (Å²) in [6.45, 7) is 3.60. The maximum absolute atomic E-state index is 12.6. The van der Waals surface area contributed by atoms with Gasteiger partial charge >= 0.3 is 0 Å². The summed E-state index contributed by atoms with van der Waals surface area (Å²) < 4.78 is 0. The predicted molar refractivity (Wildman–Crippen MR) is 76.0 cm³/mol. The van der Waals surface area contributed by atoms with Crippen LogP contribution in [0.15, 0.2) is 12.1 Å². The van der Waals surface area contributed by atoms with Gasteiger partial charge in [0.1, 0.15) is 5.82 Å². The normalized spacial score (nSPS) is 19.2. The van der Waals surface area contributed by atoms with Crippen LogP contribution in [-0.4, -0.2) is 53.9 Å². The van der Waals surface area contributed by atoms with Gasteiger partial charge < -0.3 is 15.5 Å². The number of aryl methyl sites for hydroxylation is 1. The molecule has 1 atom stereocenters. The molecule has 0 bridgehead atoms. The van der Waals surface area contributed by atoms with Crippen molar-refractivity contribution in [3.63, 3.8) is 0 Å². The van der Waals surface area contributed by atoms with Crippen LogP contribution in [0.2, 0.25) is 0 Å². The van der Waals surface area contributed by atoms with Crippen molar-refractivity contribution >= 4 is 11.7 Å². The van der Waals surface area contributed by atoms with Crippen molar-refractivity contribution in [2.75, 3.05) is 32.9 Å². The third kappa shape index (κ3) is 3.23. The van der Waals surface area contributed by atoms with Gasteiger partial charge in [-0.1, -0.05) is 0 Å². The Kier molecular flexibility index (Phi) is 4.04. The van der Waals surface area contributed by atoms with E-state index in [0.717, 1.165) is 31.6 Å². The van der Waals surface area contributed by atoms with Crippen LogP contribution in [0, 0.1) is 6.92 Å². The zero-order valence-corrected chi connectivity index (χ0v) is 11.9. The van der Waals surface area contributed by atoms with Crippen LogP contribution in [0.25, 0.3) is 0 Å². The number of rotatable bonds is 3. The number of anilines is 1. The Balaban J connectivity index is 2.18. The average molecular weight is 262 g/mol. The highest BCUT2D eigenvalue weighted by Crippen LogP contribution is 2.21. The van der Waals surface area contributed by atoms with Crippen LogP contribution in [0.1, 0.15) is 28.9 Å². The van der Waals surface area contributed by atoms with Crippen molar-refractivity contribution in [2.45, 2.75) is 25.8 Å². The molecule has 5 heteroatoms. The van der Waals surface area contributed by atoms with Crippen LogP contribution in [0.3, 0.4) is 0 Å². The molecular weight excluding hydrogens is 240 g/mol. The molecule has 2 heterocycles. The fourth-order valence-corrected chi connectivity index (χ4v) is 2.70. The number of pyridine rings is 1. The van der Waals surface area contributed by atoms with E-state index < -0.39 is 0 Å². The second-order valence-corrected chi connectivity index (χ2v) is 5.48. The molecule has 0 aliphatic carbocycles. The van der Waals surface area contributed by atoms with Crippen LogP contribution in [-0.2, 0) is 0 Å². The zero-order valence-electron chi connectivity index (χ0n) is 11.9. The number of carbonyl (C=O) groups excluding carboxylic acids is 1. The lowest BCUT2D eigenvalue weighted by atomic mass is 10.1. The number of carbonyl (C=O) groups is 1. The summed E-state index contributed by atoms with van der Waals surface area (Å²) in [5.41, 5.74) is 7.15. The van der Waals surface area contributed by atoms with E-state index in [1.807, 2.05) is 32.0 Å². The molecule has 0 radical (unpaired) electrons. The standard InChI is InChI=1S/C14H22N4O/c1-10-7-11(8-13(15)16-10)14(19)18-6-4-5-12(18)9-17(2)3/h7-8,12H,4-6,9H2,1-3H3,(H2,15,16). The van der Waals surface area contributed by atoms with Crippen LogP contribution >= 0.6 is 0 Å². The maximum atomic E-state index is 12.6. The predicted octanol–water partition coefficient (Wildman–Crippen LogP) is 1.14. The molecule has 1 aromatic heterocycles. The molecule has 1 amide bonds. The van der Waals surface area contributed by atoms with Crippen LogP contribution in [0.4, 0.5) is 5.82 Å². The topological polar surface area (TPSA) is 62.5 Å². The van der Waals surface area contributed by atoms with Gasteiger partial charge in [-0.3, -0.25) is 4.79 Å². The first-order valence-electron chi connectivity index (χ1n) is 6.67. The van der Waals surface area contributed by atoms with E-state index in [0.29, 0.717) is 17.4 Å². The molecule has 0 aromatic carbocycles. The summed E-state index contributed by atoms with van der Waals surface area (Å²) >= 11 is 0. The summed E-state index contributed by atoms with van der Waals surface area (Å²) in [4.78, 5) is 20.8. The van der Waals surface area contributed by atoms with Gasteiger partial charge in [-0.25, -0.2) is 4.98 Å². The molecule has 0 spiro atoms. The molecule has 2 N–H and O–H groups in total. The fraction of sp³-hybridized carbons (Fsp3) is 0.571. The molecule has 1 unspecified atom stereocenters. The number of likely N-dealkylation sites (N-methyl/N-ethyl adjacent to an activating group) is 1. The van der Waals surface area contributed by atoms with Gasteiger partial charge in [0.15, 0.2) is 0 Å². The summed E-state index contributed by atoms with van der Waals surface area (Å²) in [7, 11) is 4.07. The number of nitrogens with zero attached hydrogens (tertiary/aromatic N) is 3. The highest BCUT2D eigenvalue weighted by Gasteiger charge is 2.29. The largest absolute Gasteiger partial charge is 0.384 e. The SMILES string of the molecule is Cc1cc(C(=O)N2CCCC2CN(C)C)cc(N)n1. The first-order chi connectivity index (χ1) is 8.97. The van der Waals surface area contributed by atoms with E-state index in [1.165, 1.54) is 0 Å². The molecule has 1 aliphatic rings. The van der Waals surface area contributed by atoms with E-state index in [1.54, 1.807) is 6.07 Å². The highest BCUT2D eigenvalue weighted by molar-refractivity contribution is 5.95. The Morgan fingerprint density at radius 2 is 2.26 bits per heavy atom. The van der Waals surface area contributed by atoms with Gasteiger partial charge in [-0.2, -0.15) is 0 Å². The molecule has 1 aliphatic heterocycles. The molecule has 2 rings (SSSR count). The van der Waals surface area contributed by atoms with Crippen molar-refractivity contribution in [1.29, 1.82) is 0 Å². The number of likely N-dealkylation sites (tertiary alicyclic amines) is 1. The Labute approximate surface area is 114 Å². The summed E-state index contributed by atoms with van der Waals surface area (Å²) in [6.07, 6.45) is 2.15. The molecule has 1 fully saturated rings. The van der Waals surface area contributed by atoms with Crippen molar-refractivity contribution in [3.05, 3.63) is 23.4 Å². The number of nitrogens with two attached hydrogens (primary N) is 1. The molecule has 0 saturated carbocycles. The third-order valence-corrected chi connectivity index (χ3v) is 3.43. The lowest BCUT2D eigenvalue weighted by Gasteiger charge is -2.27.